The van der Waals surface area contributed by atoms with Crippen LogP contribution >= 0.6 is 11.6 Å². The van der Waals surface area contributed by atoms with Gasteiger partial charge in [-0.2, -0.15) is 0 Å². The summed E-state index contributed by atoms with van der Waals surface area (Å²) in [5.74, 6) is 0.879. The summed E-state index contributed by atoms with van der Waals surface area (Å²) >= 11 is 6.20. The zero-order chi connectivity index (χ0) is 24.0. The highest BCUT2D eigenvalue weighted by Crippen LogP contribution is 2.39. The molecule has 33 heavy (non-hydrogen) atoms. The number of carbonyl (C=O) groups is 2. The first-order chi connectivity index (χ1) is 15.7. The first-order valence-electron chi connectivity index (χ1n) is 12.2. The van der Waals surface area contributed by atoms with Gasteiger partial charge in [0.05, 0.1) is 5.92 Å². The number of ether oxygens (including phenoxy) is 1. The van der Waals surface area contributed by atoms with E-state index in [9.17, 15) is 9.59 Å². The number of rotatable bonds is 10. The third-order valence-corrected chi connectivity index (χ3v) is 6.68. The van der Waals surface area contributed by atoms with E-state index in [2.05, 4.69) is 36.2 Å². The van der Waals surface area contributed by atoms with Crippen molar-refractivity contribution in [2.75, 3.05) is 0 Å². The second-order valence-electron chi connectivity index (χ2n) is 10.1. The second-order valence-corrected chi connectivity index (χ2v) is 10.5. The SMILES string of the molecule is CCCCc1nc(Cl)c(C=O)n1CCc1ccc(C(C(=O)OC(C)(C)C)C2CCCC2)cc1. The molecule has 1 unspecified atom stereocenters. The fourth-order valence-corrected chi connectivity index (χ4v) is 5.00. The highest BCUT2D eigenvalue weighted by atomic mass is 35.5. The molecular weight excluding hydrogens is 436 g/mol. The number of aryl methyl sites for hydroxylation is 2. The highest BCUT2D eigenvalue weighted by Gasteiger charge is 2.35. The van der Waals surface area contributed by atoms with Crippen molar-refractivity contribution in [1.82, 2.24) is 9.55 Å². The van der Waals surface area contributed by atoms with Crippen LogP contribution < -0.4 is 0 Å². The Morgan fingerprint density at radius 1 is 1.21 bits per heavy atom. The fourth-order valence-electron chi connectivity index (χ4n) is 4.76. The number of imidazole rings is 1. The Hall–Kier alpha value is -2.14. The topological polar surface area (TPSA) is 61.2 Å². The summed E-state index contributed by atoms with van der Waals surface area (Å²) in [5.41, 5.74) is 2.13. The van der Waals surface area contributed by atoms with Crippen molar-refractivity contribution in [2.45, 2.75) is 97.1 Å². The van der Waals surface area contributed by atoms with E-state index in [0.717, 1.165) is 61.8 Å². The Kier molecular flexibility index (Phi) is 8.75. The number of hydrogen-bond donors (Lipinski definition) is 0. The van der Waals surface area contributed by atoms with Crippen molar-refractivity contribution in [3.63, 3.8) is 0 Å². The van der Waals surface area contributed by atoms with Crippen molar-refractivity contribution >= 4 is 23.9 Å². The molecule has 1 saturated carbocycles. The summed E-state index contributed by atoms with van der Waals surface area (Å²) in [6, 6.07) is 8.32. The Bertz CT molecular complexity index is 938. The number of aldehydes is 1. The van der Waals surface area contributed by atoms with Gasteiger partial charge in [-0.1, -0.05) is 62.1 Å². The molecule has 5 nitrogen and oxygen atoms in total. The Balaban J connectivity index is 1.75. The average Bonchev–Trinajstić information content (AvgIpc) is 3.38. The van der Waals surface area contributed by atoms with Crippen LogP contribution in [-0.4, -0.2) is 27.4 Å². The molecule has 0 saturated heterocycles. The monoisotopic (exact) mass is 472 g/mol. The van der Waals surface area contributed by atoms with Crippen molar-refractivity contribution in [3.05, 3.63) is 52.1 Å². The zero-order valence-corrected chi connectivity index (χ0v) is 21.2. The maximum atomic E-state index is 13.1. The molecule has 1 heterocycles. The first kappa shape index (κ1) is 25.5. The number of hydrogen-bond acceptors (Lipinski definition) is 4. The van der Waals surface area contributed by atoms with Crippen LogP contribution in [0.5, 0.6) is 0 Å². The van der Waals surface area contributed by atoms with Gasteiger partial charge in [-0.3, -0.25) is 9.59 Å². The van der Waals surface area contributed by atoms with E-state index in [1.807, 2.05) is 25.3 Å². The summed E-state index contributed by atoms with van der Waals surface area (Å²) in [6.07, 6.45) is 8.92. The number of nitrogens with zero attached hydrogens (tertiary/aromatic N) is 2. The molecule has 0 N–H and O–H groups in total. The first-order valence-corrected chi connectivity index (χ1v) is 12.6. The minimum absolute atomic E-state index is 0.119. The minimum Gasteiger partial charge on any atom is -0.459 e. The molecule has 3 rings (SSSR count). The number of halogens is 1. The van der Waals surface area contributed by atoms with Gasteiger partial charge >= 0.3 is 5.97 Å². The molecular formula is C27H37ClN2O3. The number of benzene rings is 1. The molecule has 0 spiro atoms. The third-order valence-electron chi connectivity index (χ3n) is 6.40. The molecule has 180 valence electrons. The molecule has 0 aliphatic heterocycles. The molecule has 1 aromatic carbocycles. The molecule has 1 fully saturated rings. The highest BCUT2D eigenvalue weighted by molar-refractivity contribution is 6.31. The molecule has 2 aromatic rings. The summed E-state index contributed by atoms with van der Waals surface area (Å²) in [7, 11) is 0. The Labute approximate surface area is 202 Å². The number of aromatic nitrogens is 2. The van der Waals surface area contributed by atoms with Gasteiger partial charge in [0.25, 0.3) is 0 Å². The van der Waals surface area contributed by atoms with Gasteiger partial charge in [0.1, 0.15) is 17.1 Å². The zero-order valence-electron chi connectivity index (χ0n) is 20.4. The van der Waals surface area contributed by atoms with Gasteiger partial charge in [0.2, 0.25) is 0 Å². The summed E-state index contributed by atoms with van der Waals surface area (Å²) < 4.78 is 7.73. The predicted molar refractivity (Wildman–Crippen MR) is 132 cm³/mol. The maximum absolute atomic E-state index is 13.1. The number of unbranched alkanes of at least 4 members (excludes halogenated alkanes) is 1. The van der Waals surface area contributed by atoms with Crippen molar-refractivity contribution in [1.29, 1.82) is 0 Å². The smallest absolute Gasteiger partial charge is 0.314 e. The van der Waals surface area contributed by atoms with Crippen molar-refractivity contribution in [2.24, 2.45) is 5.92 Å². The lowest BCUT2D eigenvalue weighted by Gasteiger charge is -2.27. The number of carbonyl (C=O) groups excluding carboxylic acids is 2. The van der Waals surface area contributed by atoms with Crippen LogP contribution in [0.4, 0.5) is 0 Å². The van der Waals surface area contributed by atoms with Gasteiger partial charge in [0.15, 0.2) is 11.4 Å². The van der Waals surface area contributed by atoms with Crippen molar-refractivity contribution < 1.29 is 14.3 Å². The Morgan fingerprint density at radius 3 is 2.45 bits per heavy atom. The molecule has 0 bridgehead atoms. The second kappa shape index (κ2) is 11.3. The standard InChI is InChI=1S/C27H37ClN2O3/c1-5-6-11-23-29-25(28)22(18-31)30(23)17-16-19-12-14-21(15-13-19)24(20-9-7-8-10-20)26(32)33-27(2,3)4/h12-15,18,20,24H,5-11,16-17H2,1-4H3. The van der Waals surface area contributed by atoms with Crippen LogP contribution in [0.1, 0.15) is 99.6 Å². The lowest BCUT2D eigenvalue weighted by Crippen LogP contribution is -2.30. The normalized spacial score (nSPS) is 15.5. The fraction of sp³-hybridized carbons (Fsp3) is 0.593. The third kappa shape index (κ3) is 6.69. The van der Waals surface area contributed by atoms with E-state index < -0.39 is 5.60 Å². The Morgan fingerprint density at radius 2 is 1.88 bits per heavy atom. The molecule has 1 aliphatic rings. The quantitative estimate of drug-likeness (QED) is 0.290. The summed E-state index contributed by atoms with van der Waals surface area (Å²) in [4.78, 5) is 29.0. The van der Waals surface area contributed by atoms with Gasteiger partial charge < -0.3 is 9.30 Å². The lowest BCUT2D eigenvalue weighted by atomic mass is 9.84. The van der Waals surface area contributed by atoms with Gasteiger partial charge in [-0.05, 0) is 63.5 Å². The molecule has 1 atom stereocenters. The van der Waals surface area contributed by atoms with E-state index in [1.165, 1.54) is 12.8 Å². The van der Waals surface area contributed by atoms with Crippen molar-refractivity contribution in [3.8, 4) is 0 Å². The lowest BCUT2D eigenvalue weighted by molar-refractivity contribution is -0.158. The van der Waals surface area contributed by atoms with Crippen LogP contribution in [-0.2, 0) is 28.9 Å². The molecule has 6 heteroatoms. The van der Waals surface area contributed by atoms with E-state index >= 15 is 0 Å². The molecule has 0 radical (unpaired) electrons. The number of esters is 1. The van der Waals surface area contributed by atoms with Crippen LogP contribution in [0.3, 0.4) is 0 Å². The van der Waals surface area contributed by atoms with Gasteiger partial charge in [0, 0.05) is 13.0 Å². The van der Waals surface area contributed by atoms with Crippen LogP contribution in [0, 0.1) is 5.92 Å². The van der Waals surface area contributed by atoms with E-state index in [-0.39, 0.29) is 17.0 Å². The van der Waals surface area contributed by atoms with E-state index in [4.69, 9.17) is 16.3 Å². The molecule has 1 aliphatic carbocycles. The predicted octanol–water partition coefficient (Wildman–Crippen LogP) is 6.55. The minimum atomic E-state index is -0.494. The van der Waals surface area contributed by atoms with Crippen LogP contribution in [0.2, 0.25) is 5.15 Å². The van der Waals surface area contributed by atoms with E-state index in [1.54, 1.807) is 0 Å². The van der Waals surface area contributed by atoms with Gasteiger partial charge in [-0.15, -0.1) is 0 Å². The summed E-state index contributed by atoms with van der Waals surface area (Å²) in [6.45, 7) is 8.54. The molecule has 0 amide bonds. The average molecular weight is 473 g/mol. The summed E-state index contributed by atoms with van der Waals surface area (Å²) in [5, 5.41) is 0.281. The van der Waals surface area contributed by atoms with Crippen LogP contribution in [0.15, 0.2) is 24.3 Å². The largest absolute Gasteiger partial charge is 0.459 e. The van der Waals surface area contributed by atoms with E-state index in [0.29, 0.717) is 18.2 Å². The van der Waals surface area contributed by atoms with Gasteiger partial charge in [-0.25, -0.2) is 4.98 Å². The molecule has 1 aromatic heterocycles. The maximum Gasteiger partial charge on any atom is 0.314 e. The van der Waals surface area contributed by atoms with Crippen LogP contribution in [0.25, 0.3) is 0 Å².